The summed E-state index contributed by atoms with van der Waals surface area (Å²) in [7, 11) is 0. The van der Waals surface area contributed by atoms with Gasteiger partial charge in [-0.25, -0.2) is 9.78 Å². The summed E-state index contributed by atoms with van der Waals surface area (Å²) < 4.78 is 5.72. The van der Waals surface area contributed by atoms with E-state index in [2.05, 4.69) is 4.98 Å². The van der Waals surface area contributed by atoms with Gasteiger partial charge in [-0.3, -0.25) is 0 Å². The predicted octanol–water partition coefficient (Wildman–Crippen LogP) is 2.87. The number of ether oxygens (including phenoxy) is 1. The molecule has 0 saturated heterocycles. The Morgan fingerprint density at radius 2 is 2.26 bits per heavy atom. The Labute approximate surface area is 114 Å². The molecule has 1 aliphatic heterocycles. The van der Waals surface area contributed by atoms with Crippen LogP contribution in [0.4, 0.5) is 0 Å². The van der Waals surface area contributed by atoms with Gasteiger partial charge in [0.15, 0.2) is 5.69 Å². The number of aromatic carboxylic acids is 1. The van der Waals surface area contributed by atoms with Crippen LogP contribution in [0.25, 0.3) is 0 Å². The summed E-state index contributed by atoms with van der Waals surface area (Å²) in [5.41, 5.74) is 1.32. The number of hydrogen-bond donors (Lipinski definition) is 1. The Balaban J connectivity index is 1.89. The lowest BCUT2D eigenvalue weighted by Gasteiger charge is -2.23. The van der Waals surface area contributed by atoms with Gasteiger partial charge in [0.05, 0.1) is 6.61 Å². The summed E-state index contributed by atoms with van der Waals surface area (Å²) in [6.07, 6.45) is 0.849. The van der Waals surface area contributed by atoms with E-state index in [1.165, 1.54) is 11.3 Å². The van der Waals surface area contributed by atoms with E-state index in [-0.39, 0.29) is 11.6 Å². The fraction of sp³-hybridized carbons (Fsp3) is 0.286. The van der Waals surface area contributed by atoms with E-state index in [1.807, 2.05) is 24.3 Å². The van der Waals surface area contributed by atoms with Crippen molar-refractivity contribution in [3.8, 4) is 5.75 Å². The Morgan fingerprint density at radius 1 is 1.47 bits per heavy atom. The second-order valence-electron chi connectivity index (χ2n) is 4.58. The molecule has 1 N–H and O–H groups in total. The number of fused-ring (bicyclic) bond motifs is 1. The van der Waals surface area contributed by atoms with Gasteiger partial charge in [-0.2, -0.15) is 0 Å². The number of thiazole rings is 1. The van der Waals surface area contributed by atoms with Crippen LogP contribution in [0, 0.1) is 6.92 Å². The maximum absolute atomic E-state index is 11.0. The molecule has 0 fully saturated rings. The van der Waals surface area contributed by atoms with Crippen LogP contribution < -0.4 is 4.74 Å². The third-order valence-electron chi connectivity index (χ3n) is 3.24. The van der Waals surface area contributed by atoms with E-state index in [1.54, 1.807) is 6.92 Å². The number of hydrogen-bond acceptors (Lipinski definition) is 4. The Hall–Kier alpha value is -1.88. The van der Waals surface area contributed by atoms with Crippen LogP contribution in [-0.2, 0) is 6.42 Å². The number of rotatable bonds is 2. The van der Waals surface area contributed by atoms with Gasteiger partial charge in [0.2, 0.25) is 0 Å². The number of carboxylic acids is 1. The average Bonchev–Trinajstić information content (AvgIpc) is 2.80. The van der Waals surface area contributed by atoms with E-state index in [9.17, 15) is 4.79 Å². The lowest BCUT2D eigenvalue weighted by molar-refractivity contribution is 0.0690. The molecule has 1 atom stereocenters. The van der Waals surface area contributed by atoms with Crippen LogP contribution >= 0.6 is 11.3 Å². The second kappa shape index (κ2) is 4.66. The van der Waals surface area contributed by atoms with Crippen molar-refractivity contribution in [3.63, 3.8) is 0 Å². The molecule has 2 aromatic rings. The molecule has 98 valence electrons. The molecule has 4 nitrogen and oxygen atoms in total. The van der Waals surface area contributed by atoms with E-state index in [0.717, 1.165) is 27.6 Å². The van der Waals surface area contributed by atoms with E-state index in [0.29, 0.717) is 6.61 Å². The molecule has 19 heavy (non-hydrogen) atoms. The minimum atomic E-state index is -0.961. The molecule has 0 radical (unpaired) electrons. The summed E-state index contributed by atoms with van der Waals surface area (Å²) in [5.74, 6) is 0.106. The monoisotopic (exact) mass is 275 g/mol. The molecule has 0 spiro atoms. The molecule has 5 heteroatoms. The zero-order valence-electron chi connectivity index (χ0n) is 10.4. The molecule has 1 unspecified atom stereocenters. The summed E-state index contributed by atoms with van der Waals surface area (Å²) >= 11 is 1.45. The molecule has 1 aromatic heterocycles. The minimum absolute atomic E-state index is 0.145. The molecule has 1 aromatic carbocycles. The second-order valence-corrected chi connectivity index (χ2v) is 5.82. The highest BCUT2D eigenvalue weighted by Crippen LogP contribution is 2.34. The van der Waals surface area contributed by atoms with Crippen LogP contribution in [0.3, 0.4) is 0 Å². The molecule has 2 heterocycles. The van der Waals surface area contributed by atoms with Gasteiger partial charge in [-0.05, 0) is 25.0 Å². The summed E-state index contributed by atoms with van der Waals surface area (Å²) in [4.78, 5) is 16.0. The third-order valence-corrected chi connectivity index (χ3v) is 4.38. The fourth-order valence-electron chi connectivity index (χ4n) is 2.28. The van der Waals surface area contributed by atoms with Gasteiger partial charge >= 0.3 is 5.97 Å². The third kappa shape index (κ3) is 2.21. The van der Waals surface area contributed by atoms with Crippen molar-refractivity contribution in [2.75, 3.05) is 6.61 Å². The predicted molar refractivity (Wildman–Crippen MR) is 72.2 cm³/mol. The lowest BCUT2D eigenvalue weighted by atomic mass is 9.97. The van der Waals surface area contributed by atoms with Crippen molar-refractivity contribution >= 4 is 17.3 Å². The first-order valence-corrected chi connectivity index (χ1v) is 6.88. The van der Waals surface area contributed by atoms with Gasteiger partial charge in [-0.15, -0.1) is 11.3 Å². The maximum atomic E-state index is 11.0. The van der Waals surface area contributed by atoms with Gasteiger partial charge in [-0.1, -0.05) is 18.2 Å². The number of nitrogens with zero attached hydrogens (tertiary/aromatic N) is 1. The first kappa shape index (κ1) is 12.2. The van der Waals surface area contributed by atoms with Crippen molar-refractivity contribution in [1.29, 1.82) is 0 Å². The first-order chi connectivity index (χ1) is 9.15. The topological polar surface area (TPSA) is 59.4 Å². The molecular formula is C14H13NO3S. The van der Waals surface area contributed by atoms with E-state index < -0.39 is 5.97 Å². The molecule has 0 aliphatic carbocycles. The van der Waals surface area contributed by atoms with Crippen molar-refractivity contribution in [1.82, 2.24) is 4.98 Å². The average molecular weight is 275 g/mol. The number of benzene rings is 1. The fourth-order valence-corrected chi connectivity index (χ4v) is 3.27. The molecule has 3 rings (SSSR count). The SMILES string of the molecule is Cc1sc(C2COc3ccccc3C2)nc1C(=O)O. The number of carboxylic acid groups (broad SMARTS) is 1. The zero-order valence-corrected chi connectivity index (χ0v) is 11.2. The highest BCUT2D eigenvalue weighted by molar-refractivity contribution is 7.12. The van der Waals surface area contributed by atoms with Crippen LogP contribution in [0.1, 0.15) is 31.9 Å². The zero-order chi connectivity index (χ0) is 13.4. The van der Waals surface area contributed by atoms with Crippen molar-refractivity contribution in [2.24, 2.45) is 0 Å². The standard InChI is InChI=1S/C14H13NO3S/c1-8-12(14(16)17)15-13(19-8)10-6-9-4-2-3-5-11(9)18-7-10/h2-5,10H,6-7H2,1H3,(H,16,17). The maximum Gasteiger partial charge on any atom is 0.355 e. The van der Waals surface area contributed by atoms with Crippen molar-refractivity contribution in [3.05, 3.63) is 45.4 Å². The number of carbonyl (C=O) groups is 1. The van der Waals surface area contributed by atoms with Gasteiger partial charge in [0.1, 0.15) is 10.8 Å². The highest BCUT2D eigenvalue weighted by Gasteiger charge is 2.25. The summed E-state index contributed by atoms with van der Waals surface area (Å²) in [5, 5.41) is 9.90. The number of para-hydroxylation sites is 1. The van der Waals surface area contributed by atoms with Crippen LogP contribution in [0.5, 0.6) is 5.75 Å². The Morgan fingerprint density at radius 3 is 3.00 bits per heavy atom. The van der Waals surface area contributed by atoms with Gasteiger partial charge in [0.25, 0.3) is 0 Å². The number of aryl methyl sites for hydroxylation is 1. The first-order valence-electron chi connectivity index (χ1n) is 6.06. The Kier molecular flexibility index (Phi) is 2.98. The molecule has 1 aliphatic rings. The Bertz CT molecular complexity index is 635. The molecular weight excluding hydrogens is 262 g/mol. The van der Waals surface area contributed by atoms with Crippen LogP contribution in [-0.4, -0.2) is 22.7 Å². The molecule has 0 saturated carbocycles. The highest BCUT2D eigenvalue weighted by atomic mass is 32.1. The van der Waals surface area contributed by atoms with Crippen molar-refractivity contribution in [2.45, 2.75) is 19.3 Å². The van der Waals surface area contributed by atoms with E-state index in [4.69, 9.17) is 9.84 Å². The smallest absolute Gasteiger partial charge is 0.355 e. The van der Waals surface area contributed by atoms with Gasteiger partial charge < -0.3 is 9.84 Å². The number of aromatic nitrogens is 1. The lowest BCUT2D eigenvalue weighted by Crippen LogP contribution is -2.19. The minimum Gasteiger partial charge on any atom is -0.493 e. The summed E-state index contributed by atoms with van der Waals surface area (Å²) in [6.45, 7) is 2.35. The normalized spacial score (nSPS) is 17.6. The van der Waals surface area contributed by atoms with E-state index >= 15 is 0 Å². The van der Waals surface area contributed by atoms with Crippen LogP contribution in [0.2, 0.25) is 0 Å². The quantitative estimate of drug-likeness (QED) is 0.915. The molecule has 0 amide bonds. The largest absolute Gasteiger partial charge is 0.493 e. The van der Waals surface area contributed by atoms with Gasteiger partial charge in [0, 0.05) is 10.8 Å². The molecule has 0 bridgehead atoms. The van der Waals surface area contributed by atoms with Crippen molar-refractivity contribution < 1.29 is 14.6 Å². The van der Waals surface area contributed by atoms with Crippen LogP contribution in [0.15, 0.2) is 24.3 Å². The summed E-state index contributed by atoms with van der Waals surface area (Å²) in [6, 6.07) is 7.94.